The van der Waals surface area contributed by atoms with E-state index in [0.717, 1.165) is 21.4 Å². The van der Waals surface area contributed by atoms with Crippen LogP contribution in [0.25, 0.3) is 21.2 Å². The Labute approximate surface area is 135 Å². The molecule has 0 unspecified atom stereocenters. The minimum absolute atomic E-state index is 0.267. The van der Waals surface area contributed by atoms with Gasteiger partial charge in [-0.3, -0.25) is 10.1 Å². The van der Waals surface area contributed by atoms with Gasteiger partial charge in [0, 0.05) is 5.39 Å². The number of fused-ring (bicyclic) bond motifs is 2. The highest BCUT2D eigenvalue weighted by molar-refractivity contribution is 7.22. The molecule has 2 aromatic carbocycles. The van der Waals surface area contributed by atoms with Crippen molar-refractivity contribution in [2.45, 2.75) is 0 Å². The molecule has 5 nitrogen and oxygen atoms in total. The van der Waals surface area contributed by atoms with E-state index in [-0.39, 0.29) is 11.7 Å². The summed E-state index contributed by atoms with van der Waals surface area (Å²) in [5.41, 5.74) is 1.50. The summed E-state index contributed by atoms with van der Waals surface area (Å²) in [6.07, 6.45) is 0. The van der Waals surface area contributed by atoms with Crippen molar-refractivity contribution in [1.29, 1.82) is 0 Å². The van der Waals surface area contributed by atoms with E-state index in [2.05, 4.69) is 10.3 Å². The molecule has 0 saturated heterocycles. The van der Waals surface area contributed by atoms with Gasteiger partial charge >= 0.3 is 0 Å². The fourth-order valence-electron chi connectivity index (χ4n) is 2.34. The van der Waals surface area contributed by atoms with E-state index in [9.17, 15) is 4.79 Å². The summed E-state index contributed by atoms with van der Waals surface area (Å²) in [6, 6.07) is 14.8. The SMILES string of the molecule is COc1ccc2nc(NC(=O)c3cc4ccccc4o3)sc2c1. The summed E-state index contributed by atoms with van der Waals surface area (Å²) in [6.45, 7) is 0. The number of nitrogens with one attached hydrogen (secondary N) is 1. The van der Waals surface area contributed by atoms with Gasteiger partial charge in [0.05, 0.1) is 17.3 Å². The van der Waals surface area contributed by atoms with Crippen LogP contribution >= 0.6 is 11.3 Å². The van der Waals surface area contributed by atoms with Crippen molar-refractivity contribution in [1.82, 2.24) is 4.98 Å². The lowest BCUT2D eigenvalue weighted by atomic mass is 10.2. The number of thiazole rings is 1. The molecule has 2 heterocycles. The summed E-state index contributed by atoms with van der Waals surface area (Å²) in [5, 5.41) is 4.20. The molecule has 1 N–H and O–H groups in total. The molecule has 0 radical (unpaired) electrons. The van der Waals surface area contributed by atoms with Crippen LogP contribution in [0.3, 0.4) is 0 Å². The molecular weight excluding hydrogens is 312 g/mol. The molecule has 1 amide bonds. The van der Waals surface area contributed by atoms with Crippen LogP contribution in [0.2, 0.25) is 0 Å². The van der Waals surface area contributed by atoms with Crippen LogP contribution in [-0.4, -0.2) is 18.0 Å². The smallest absolute Gasteiger partial charge is 0.293 e. The lowest BCUT2D eigenvalue weighted by Gasteiger charge is -1.96. The number of rotatable bonds is 3. The number of nitrogens with zero attached hydrogens (tertiary/aromatic N) is 1. The number of carbonyl (C=O) groups excluding carboxylic acids is 1. The zero-order valence-corrected chi connectivity index (χ0v) is 13.0. The van der Waals surface area contributed by atoms with Gasteiger partial charge in [-0.2, -0.15) is 0 Å². The number of hydrogen-bond acceptors (Lipinski definition) is 5. The molecule has 6 heteroatoms. The van der Waals surface area contributed by atoms with Crippen LogP contribution in [0.1, 0.15) is 10.6 Å². The fraction of sp³-hybridized carbons (Fsp3) is 0.0588. The van der Waals surface area contributed by atoms with Crippen molar-refractivity contribution >= 4 is 43.6 Å². The van der Waals surface area contributed by atoms with E-state index in [4.69, 9.17) is 9.15 Å². The van der Waals surface area contributed by atoms with Crippen LogP contribution < -0.4 is 10.1 Å². The van der Waals surface area contributed by atoms with E-state index in [1.165, 1.54) is 11.3 Å². The monoisotopic (exact) mass is 324 g/mol. The van der Waals surface area contributed by atoms with Crippen LogP contribution in [0.4, 0.5) is 5.13 Å². The second kappa shape index (κ2) is 5.40. The van der Waals surface area contributed by atoms with Crippen molar-refractivity contribution < 1.29 is 13.9 Å². The number of amides is 1. The number of methoxy groups -OCH3 is 1. The minimum atomic E-state index is -0.313. The van der Waals surface area contributed by atoms with E-state index < -0.39 is 0 Å². The van der Waals surface area contributed by atoms with Crippen molar-refractivity contribution in [3.63, 3.8) is 0 Å². The maximum Gasteiger partial charge on any atom is 0.293 e. The Morgan fingerprint density at radius 1 is 1.22 bits per heavy atom. The minimum Gasteiger partial charge on any atom is -0.497 e. The van der Waals surface area contributed by atoms with Gasteiger partial charge in [0.1, 0.15) is 11.3 Å². The van der Waals surface area contributed by atoms with Gasteiger partial charge in [0.25, 0.3) is 5.91 Å². The van der Waals surface area contributed by atoms with E-state index >= 15 is 0 Å². The van der Waals surface area contributed by atoms with Crippen molar-refractivity contribution in [3.05, 3.63) is 54.3 Å². The average molecular weight is 324 g/mol. The summed E-state index contributed by atoms with van der Waals surface area (Å²) in [4.78, 5) is 16.7. The Kier molecular flexibility index (Phi) is 3.24. The zero-order chi connectivity index (χ0) is 15.8. The number of furan rings is 1. The lowest BCUT2D eigenvalue weighted by Crippen LogP contribution is -2.10. The molecule has 114 valence electrons. The molecule has 2 aromatic heterocycles. The Morgan fingerprint density at radius 3 is 2.91 bits per heavy atom. The van der Waals surface area contributed by atoms with Crippen molar-refractivity contribution in [3.8, 4) is 5.75 Å². The van der Waals surface area contributed by atoms with Gasteiger partial charge in [0.2, 0.25) is 0 Å². The Bertz CT molecular complexity index is 986. The quantitative estimate of drug-likeness (QED) is 0.610. The molecular formula is C17H12N2O3S. The average Bonchev–Trinajstić information content (AvgIpc) is 3.17. The zero-order valence-electron chi connectivity index (χ0n) is 12.2. The third kappa shape index (κ3) is 2.53. The number of para-hydroxylation sites is 1. The summed E-state index contributed by atoms with van der Waals surface area (Å²) in [7, 11) is 1.62. The third-order valence-electron chi connectivity index (χ3n) is 3.47. The normalized spacial score (nSPS) is 11.0. The van der Waals surface area contributed by atoms with Gasteiger partial charge in [-0.05, 0) is 30.3 Å². The highest BCUT2D eigenvalue weighted by atomic mass is 32.1. The van der Waals surface area contributed by atoms with E-state index in [0.29, 0.717) is 10.7 Å². The topological polar surface area (TPSA) is 64.4 Å². The Morgan fingerprint density at radius 2 is 2.09 bits per heavy atom. The van der Waals surface area contributed by atoms with Crippen LogP contribution in [0, 0.1) is 0 Å². The van der Waals surface area contributed by atoms with Crippen LogP contribution in [-0.2, 0) is 0 Å². The lowest BCUT2D eigenvalue weighted by molar-refractivity contribution is 0.0998. The molecule has 0 aliphatic rings. The standard InChI is InChI=1S/C17H12N2O3S/c1-21-11-6-7-12-15(9-11)23-17(18-12)19-16(20)14-8-10-4-2-3-5-13(10)22-14/h2-9H,1H3,(H,18,19,20). The molecule has 0 fully saturated rings. The van der Waals surface area contributed by atoms with Crippen LogP contribution in [0.15, 0.2) is 52.9 Å². The molecule has 0 aliphatic carbocycles. The number of hydrogen-bond donors (Lipinski definition) is 1. The molecule has 0 spiro atoms. The highest BCUT2D eigenvalue weighted by Crippen LogP contribution is 2.29. The first-order valence-electron chi connectivity index (χ1n) is 6.97. The Balaban J connectivity index is 1.62. The molecule has 0 saturated carbocycles. The highest BCUT2D eigenvalue weighted by Gasteiger charge is 2.14. The first kappa shape index (κ1) is 13.8. The van der Waals surface area contributed by atoms with Gasteiger partial charge in [0.15, 0.2) is 10.9 Å². The van der Waals surface area contributed by atoms with Gasteiger partial charge in [-0.1, -0.05) is 29.5 Å². The predicted octanol–water partition coefficient (Wildman–Crippen LogP) is 4.30. The number of ether oxygens (including phenoxy) is 1. The third-order valence-corrected chi connectivity index (χ3v) is 4.40. The van der Waals surface area contributed by atoms with Gasteiger partial charge < -0.3 is 9.15 Å². The van der Waals surface area contributed by atoms with E-state index in [1.807, 2.05) is 42.5 Å². The summed E-state index contributed by atoms with van der Waals surface area (Å²) >= 11 is 1.39. The predicted molar refractivity (Wildman–Crippen MR) is 90.3 cm³/mol. The number of benzene rings is 2. The summed E-state index contributed by atoms with van der Waals surface area (Å²) < 4.78 is 11.7. The number of carbonyl (C=O) groups is 1. The molecule has 0 bridgehead atoms. The summed E-state index contributed by atoms with van der Waals surface area (Å²) in [5.74, 6) is 0.714. The molecule has 4 rings (SSSR count). The molecule has 23 heavy (non-hydrogen) atoms. The van der Waals surface area contributed by atoms with Gasteiger partial charge in [-0.15, -0.1) is 0 Å². The first-order valence-corrected chi connectivity index (χ1v) is 7.79. The molecule has 0 aliphatic heterocycles. The van der Waals surface area contributed by atoms with Crippen LogP contribution in [0.5, 0.6) is 5.75 Å². The first-order chi connectivity index (χ1) is 11.2. The van der Waals surface area contributed by atoms with Gasteiger partial charge in [-0.25, -0.2) is 4.98 Å². The number of anilines is 1. The second-order valence-corrected chi connectivity index (χ2v) is 5.99. The molecule has 4 aromatic rings. The van der Waals surface area contributed by atoms with E-state index in [1.54, 1.807) is 13.2 Å². The fourth-order valence-corrected chi connectivity index (χ4v) is 3.23. The maximum atomic E-state index is 12.3. The molecule has 0 atom stereocenters. The largest absolute Gasteiger partial charge is 0.497 e. The number of aromatic nitrogens is 1. The second-order valence-electron chi connectivity index (χ2n) is 4.96. The van der Waals surface area contributed by atoms with Crippen molar-refractivity contribution in [2.24, 2.45) is 0 Å². The van der Waals surface area contributed by atoms with Crippen molar-refractivity contribution in [2.75, 3.05) is 12.4 Å². The Hall–Kier alpha value is -2.86. The maximum absolute atomic E-state index is 12.3.